The SMILES string of the molecule is Cc1nc(SCc2nnc(C(=O)NCc3ccc(F)cc3)s2)n(C2CCCC2)c1C. The Bertz CT molecular complexity index is 1020. The normalized spacial score (nSPS) is 14.4. The van der Waals surface area contributed by atoms with Crippen molar-refractivity contribution in [2.45, 2.75) is 63.0 Å². The van der Waals surface area contributed by atoms with Crippen LogP contribution in [0, 0.1) is 19.7 Å². The monoisotopic (exact) mass is 445 g/mol. The Morgan fingerprint density at radius 3 is 2.70 bits per heavy atom. The Labute approximate surface area is 183 Å². The molecular weight excluding hydrogens is 421 g/mol. The highest BCUT2D eigenvalue weighted by Gasteiger charge is 2.23. The van der Waals surface area contributed by atoms with Gasteiger partial charge >= 0.3 is 0 Å². The summed E-state index contributed by atoms with van der Waals surface area (Å²) in [6.45, 7) is 4.51. The topological polar surface area (TPSA) is 72.7 Å². The number of hydrogen-bond acceptors (Lipinski definition) is 6. The number of aromatic nitrogens is 4. The molecule has 30 heavy (non-hydrogen) atoms. The van der Waals surface area contributed by atoms with Crippen molar-refractivity contribution in [3.63, 3.8) is 0 Å². The summed E-state index contributed by atoms with van der Waals surface area (Å²) in [5.41, 5.74) is 3.14. The molecule has 1 aliphatic carbocycles. The minimum absolute atomic E-state index is 0.271. The van der Waals surface area contributed by atoms with Crippen LogP contribution in [0.25, 0.3) is 0 Å². The van der Waals surface area contributed by atoms with Crippen LogP contribution in [0.1, 0.15) is 63.5 Å². The van der Waals surface area contributed by atoms with Crippen LogP contribution in [0.15, 0.2) is 29.4 Å². The number of halogens is 1. The number of nitrogens with zero attached hydrogens (tertiary/aromatic N) is 4. The third-order valence-corrected chi connectivity index (χ3v) is 7.47. The quantitative estimate of drug-likeness (QED) is 0.528. The van der Waals surface area contributed by atoms with E-state index in [1.807, 2.05) is 0 Å². The first kappa shape index (κ1) is 21.0. The molecule has 1 aromatic carbocycles. The molecule has 1 amide bonds. The maximum atomic E-state index is 13.0. The first-order valence-corrected chi connectivity index (χ1v) is 11.8. The molecule has 0 spiro atoms. The van der Waals surface area contributed by atoms with Crippen molar-refractivity contribution in [3.05, 3.63) is 57.0 Å². The van der Waals surface area contributed by atoms with E-state index in [1.165, 1.54) is 54.8 Å². The lowest BCUT2D eigenvalue weighted by Gasteiger charge is -2.16. The van der Waals surface area contributed by atoms with Crippen LogP contribution in [-0.2, 0) is 12.3 Å². The first-order valence-electron chi connectivity index (χ1n) is 10.0. The van der Waals surface area contributed by atoms with Crippen LogP contribution in [0.2, 0.25) is 0 Å². The maximum Gasteiger partial charge on any atom is 0.282 e. The fourth-order valence-electron chi connectivity index (χ4n) is 3.68. The average molecular weight is 446 g/mol. The molecule has 0 atom stereocenters. The van der Waals surface area contributed by atoms with Gasteiger partial charge in [-0.25, -0.2) is 9.37 Å². The molecule has 2 aromatic heterocycles. The first-order chi connectivity index (χ1) is 14.5. The Balaban J connectivity index is 1.36. The predicted molar refractivity (Wildman–Crippen MR) is 116 cm³/mol. The van der Waals surface area contributed by atoms with Crippen molar-refractivity contribution < 1.29 is 9.18 Å². The van der Waals surface area contributed by atoms with Gasteiger partial charge in [-0.05, 0) is 44.4 Å². The zero-order valence-corrected chi connectivity index (χ0v) is 18.7. The van der Waals surface area contributed by atoms with Crippen LogP contribution in [0.5, 0.6) is 0 Å². The second-order valence-corrected chi connectivity index (χ2v) is 9.48. The highest BCUT2D eigenvalue weighted by Crippen LogP contribution is 2.36. The number of hydrogen-bond donors (Lipinski definition) is 1. The Hall–Kier alpha value is -2.26. The molecular formula is C21H24FN5OS2. The fourth-order valence-corrected chi connectivity index (χ4v) is 5.58. The van der Waals surface area contributed by atoms with E-state index in [4.69, 9.17) is 4.98 Å². The highest BCUT2D eigenvalue weighted by atomic mass is 32.2. The van der Waals surface area contributed by atoms with E-state index >= 15 is 0 Å². The third-order valence-electron chi connectivity index (χ3n) is 5.40. The number of carbonyl (C=O) groups is 1. The van der Waals surface area contributed by atoms with Gasteiger partial charge in [0.1, 0.15) is 10.8 Å². The molecule has 9 heteroatoms. The molecule has 0 radical (unpaired) electrons. The summed E-state index contributed by atoms with van der Waals surface area (Å²) < 4.78 is 15.4. The van der Waals surface area contributed by atoms with Crippen molar-refractivity contribution in [3.8, 4) is 0 Å². The molecule has 6 nitrogen and oxygen atoms in total. The minimum atomic E-state index is -0.296. The summed E-state index contributed by atoms with van der Waals surface area (Å²) in [5.74, 6) is 0.0634. The van der Waals surface area contributed by atoms with Crippen LogP contribution >= 0.6 is 23.1 Å². The lowest BCUT2D eigenvalue weighted by atomic mass is 10.2. The Kier molecular flexibility index (Phi) is 6.48. The number of benzene rings is 1. The molecule has 0 saturated heterocycles. The van der Waals surface area contributed by atoms with E-state index in [0.29, 0.717) is 23.3 Å². The van der Waals surface area contributed by atoms with Crippen molar-refractivity contribution in [1.82, 2.24) is 25.1 Å². The molecule has 2 heterocycles. The van der Waals surface area contributed by atoms with Crippen molar-refractivity contribution in [2.24, 2.45) is 0 Å². The van der Waals surface area contributed by atoms with Crippen LogP contribution in [0.4, 0.5) is 4.39 Å². The van der Waals surface area contributed by atoms with Crippen molar-refractivity contribution in [1.29, 1.82) is 0 Å². The largest absolute Gasteiger partial charge is 0.346 e. The molecule has 1 saturated carbocycles. The second kappa shape index (κ2) is 9.26. The van der Waals surface area contributed by atoms with Gasteiger partial charge in [-0.2, -0.15) is 0 Å². The third kappa shape index (κ3) is 4.73. The predicted octanol–water partition coefficient (Wildman–Crippen LogP) is 4.83. The number of amides is 1. The van der Waals surface area contributed by atoms with Gasteiger partial charge in [-0.1, -0.05) is 48.1 Å². The summed E-state index contributed by atoms with van der Waals surface area (Å²) in [4.78, 5) is 17.1. The minimum Gasteiger partial charge on any atom is -0.346 e. The van der Waals surface area contributed by atoms with E-state index < -0.39 is 0 Å². The van der Waals surface area contributed by atoms with Gasteiger partial charge in [0.2, 0.25) is 5.01 Å². The summed E-state index contributed by atoms with van der Waals surface area (Å²) in [5, 5.41) is 13.2. The number of aryl methyl sites for hydroxylation is 1. The zero-order chi connectivity index (χ0) is 21.1. The summed E-state index contributed by atoms with van der Waals surface area (Å²) in [6, 6.07) is 6.58. The van der Waals surface area contributed by atoms with Crippen LogP contribution < -0.4 is 5.32 Å². The number of rotatable bonds is 7. The van der Waals surface area contributed by atoms with E-state index in [0.717, 1.165) is 21.4 Å². The van der Waals surface area contributed by atoms with E-state index in [1.54, 1.807) is 23.9 Å². The summed E-state index contributed by atoms with van der Waals surface area (Å²) >= 11 is 2.95. The number of imidazole rings is 1. The fraction of sp³-hybridized carbons (Fsp3) is 0.429. The molecule has 3 aromatic rings. The highest BCUT2D eigenvalue weighted by molar-refractivity contribution is 7.98. The van der Waals surface area contributed by atoms with Gasteiger partial charge in [-0.15, -0.1) is 10.2 Å². The molecule has 1 N–H and O–H groups in total. The molecule has 158 valence electrons. The number of carbonyl (C=O) groups excluding carboxylic acids is 1. The maximum absolute atomic E-state index is 13.0. The Morgan fingerprint density at radius 1 is 1.23 bits per heavy atom. The molecule has 1 fully saturated rings. The van der Waals surface area contributed by atoms with Crippen LogP contribution in [-0.4, -0.2) is 25.7 Å². The standard InChI is InChI=1S/C21H24FN5OS2/c1-13-14(2)27(17-5-3-4-6-17)21(24-13)29-12-18-25-26-20(30-18)19(28)23-11-15-7-9-16(22)10-8-15/h7-10,17H,3-6,11-12H2,1-2H3,(H,23,28). The molecule has 0 aliphatic heterocycles. The van der Waals surface area contributed by atoms with Crippen molar-refractivity contribution in [2.75, 3.05) is 0 Å². The summed E-state index contributed by atoms with van der Waals surface area (Å²) in [6.07, 6.45) is 4.97. The van der Waals surface area contributed by atoms with Gasteiger partial charge in [0.15, 0.2) is 5.16 Å². The van der Waals surface area contributed by atoms with Crippen molar-refractivity contribution >= 4 is 29.0 Å². The van der Waals surface area contributed by atoms with Gasteiger partial charge < -0.3 is 9.88 Å². The van der Waals surface area contributed by atoms with Gasteiger partial charge in [-0.3, -0.25) is 4.79 Å². The molecule has 1 aliphatic rings. The smallest absolute Gasteiger partial charge is 0.282 e. The molecule has 0 unspecified atom stereocenters. The zero-order valence-electron chi connectivity index (χ0n) is 17.0. The van der Waals surface area contributed by atoms with Crippen LogP contribution in [0.3, 0.4) is 0 Å². The van der Waals surface area contributed by atoms with E-state index in [2.05, 4.69) is 33.9 Å². The lowest BCUT2D eigenvalue weighted by Crippen LogP contribution is -2.22. The second-order valence-electron chi connectivity index (χ2n) is 7.47. The number of nitrogens with one attached hydrogen (secondary N) is 1. The number of thioether (sulfide) groups is 1. The van der Waals surface area contributed by atoms with Gasteiger partial charge in [0, 0.05) is 18.3 Å². The Morgan fingerprint density at radius 2 is 1.97 bits per heavy atom. The van der Waals surface area contributed by atoms with E-state index in [9.17, 15) is 9.18 Å². The van der Waals surface area contributed by atoms with E-state index in [-0.39, 0.29) is 11.7 Å². The average Bonchev–Trinajstić information content (AvgIpc) is 3.48. The lowest BCUT2D eigenvalue weighted by molar-refractivity contribution is 0.0950. The molecule has 0 bridgehead atoms. The van der Waals surface area contributed by atoms with Gasteiger partial charge in [0.05, 0.1) is 11.4 Å². The molecule has 4 rings (SSSR count). The summed E-state index contributed by atoms with van der Waals surface area (Å²) in [7, 11) is 0. The van der Waals surface area contributed by atoms with Gasteiger partial charge in [0.25, 0.3) is 5.91 Å².